The molecule has 0 aromatic carbocycles. The molecular formula is C13H12N4O3. The van der Waals surface area contributed by atoms with Crippen LogP contribution >= 0.6 is 0 Å². The Kier molecular flexibility index (Phi) is 2.94. The van der Waals surface area contributed by atoms with Crippen molar-refractivity contribution in [3.63, 3.8) is 0 Å². The summed E-state index contributed by atoms with van der Waals surface area (Å²) in [5.74, 6) is -1.14. The Labute approximate surface area is 113 Å². The first-order chi connectivity index (χ1) is 9.65. The summed E-state index contributed by atoms with van der Waals surface area (Å²) in [6.45, 7) is 0. The number of carbonyl (C=O) groups is 3. The van der Waals surface area contributed by atoms with Crippen LogP contribution < -0.4 is 10.6 Å². The highest BCUT2D eigenvalue weighted by atomic mass is 16.2. The molecule has 7 nitrogen and oxygen atoms in total. The second kappa shape index (κ2) is 4.76. The van der Waals surface area contributed by atoms with Gasteiger partial charge in [0.15, 0.2) is 0 Å². The van der Waals surface area contributed by atoms with Crippen molar-refractivity contribution in [1.29, 1.82) is 0 Å². The van der Waals surface area contributed by atoms with Gasteiger partial charge in [-0.1, -0.05) is 0 Å². The van der Waals surface area contributed by atoms with Gasteiger partial charge in [-0.25, -0.2) is 0 Å². The number of carbonyl (C=O) groups excluding carboxylic acids is 3. The third kappa shape index (κ3) is 2.13. The van der Waals surface area contributed by atoms with Gasteiger partial charge in [0.25, 0.3) is 5.91 Å². The van der Waals surface area contributed by atoms with E-state index in [0.29, 0.717) is 23.0 Å². The zero-order chi connectivity index (χ0) is 14.1. The molecule has 3 amide bonds. The summed E-state index contributed by atoms with van der Waals surface area (Å²) in [6.07, 6.45) is 3.77. The van der Waals surface area contributed by atoms with Crippen molar-refractivity contribution in [1.82, 2.24) is 20.6 Å². The molecular weight excluding hydrogens is 260 g/mol. The molecule has 2 aromatic rings. The van der Waals surface area contributed by atoms with E-state index in [-0.39, 0.29) is 18.2 Å². The maximum absolute atomic E-state index is 12.2. The van der Waals surface area contributed by atoms with Gasteiger partial charge in [0, 0.05) is 18.8 Å². The number of nitrogens with one attached hydrogen (secondary N) is 3. The molecule has 1 atom stereocenters. The number of aromatic nitrogens is 2. The van der Waals surface area contributed by atoms with Crippen LogP contribution in [0.1, 0.15) is 23.2 Å². The quantitative estimate of drug-likeness (QED) is 0.674. The van der Waals surface area contributed by atoms with E-state index >= 15 is 0 Å². The topological polar surface area (TPSA) is 104 Å². The van der Waals surface area contributed by atoms with Crippen LogP contribution in [-0.2, 0) is 9.59 Å². The van der Waals surface area contributed by atoms with Crippen LogP contribution in [0.25, 0.3) is 11.0 Å². The molecule has 1 unspecified atom stereocenters. The van der Waals surface area contributed by atoms with Crippen molar-refractivity contribution in [3.8, 4) is 0 Å². The zero-order valence-corrected chi connectivity index (χ0v) is 10.5. The molecule has 3 heterocycles. The Hall–Kier alpha value is -2.70. The molecule has 0 aliphatic carbocycles. The Bertz CT molecular complexity index is 706. The molecule has 1 aliphatic rings. The normalized spacial score (nSPS) is 18.9. The van der Waals surface area contributed by atoms with Gasteiger partial charge in [0.2, 0.25) is 11.8 Å². The van der Waals surface area contributed by atoms with Gasteiger partial charge in [0.05, 0.1) is 16.6 Å². The molecule has 20 heavy (non-hydrogen) atoms. The fraction of sp³-hybridized carbons (Fsp3) is 0.231. The van der Waals surface area contributed by atoms with E-state index in [4.69, 9.17) is 0 Å². The molecule has 7 heteroatoms. The van der Waals surface area contributed by atoms with Crippen LogP contribution in [0, 0.1) is 0 Å². The van der Waals surface area contributed by atoms with E-state index in [1.807, 2.05) is 0 Å². The number of piperidine rings is 1. The minimum Gasteiger partial charge on any atom is -0.359 e. The summed E-state index contributed by atoms with van der Waals surface area (Å²) >= 11 is 0. The second-order valence-electron chi connectivity index (χ2n) is 4.57. The molecule has 0 saturated carbocycles. The van der Waals surface area contributed by atoms with Gasteiger partial charge in [-0.3, -0.25) is 24.7 Å². The number of imide groups is 1. The number of hydrogen-bond acceptors (Lipinski definition) is 4. The fourth-order valence-corrected chi connectivity index (χ4v) is 2.22. The van der Waals surface area contributed by atoms with E-state index in [2.05, 4.69) is 20.6 Å². The number of amides is 3. The highest BCUT2D eigenvalue weighted by Gasteiger charge is 2.28. The standard InChI is InChI=1S/C13H12N4O3/c18-10-2-1-9(13(20)17-10)16-12(19)7-3-5-14-8-4-6-15-11(7)8/h3-6,9,15H,1-2H2,(H,16,19)(H,17,18,20). The van der Waals surface area contributed by atoms with E-state index in [1.165, 1.54) is 6.20 Å². The van der Waals surface area contributed by atoms with Crippen molar-refractivity contribution in [2.75, 3.05) is 0 Å². The highest BCUT2D eigenvalue weighted by molar-refractivity contribution is 6.07. The fourth-order valence-electron chi connectivity index (χ4n) is 2.22. The lowest BCUT2D eigenvalue weighted by Crippen LogP contribution is -2.52. The van der Waals surface area contributed by atoms with Crippen molar-refractivity contribution in [2.24, 2.45) is 0 Å². The van der Waals surface area contributed by atoms with Crippen LogP contribution in [0.4, 0.5) is 0 Å². The third-order valence-corrected chi connectivity index (χ3v) is 3.24. The van der Waals surface area contributed by atoms with Gasteiger partial charge in [-0.05, 0) is 18.6 Å². The molecule has 3 rings (SSSR count). The SMILES string of the molecule is O=C1CCC(NC(=O)c2ccnc3cc[nH]c23)C(=O)N1. The van der Waals surface area contributed by atoms with Gasteiger partial charge < -0.3 is 10.3 Å². The lowest BCUT2D eigenvalue weighted by atomic mass is 10.1. The van der Waals surface area contributed by atoms with E-state index in [9.17, 15) is 14.4 Å². The summed E-state index contributed by atoms with van der Waals surface area (Å²) in [5.41, 5.74) is 1.72. The van der Waals surface area contributed by atoms with Crippen LogP contribution in [0.5, 0.6) is 0 Å². The smallest absolute Gasteiger partial charge is 0.254 e. The van der Waals surface area contributed by atoms with Crippen LogP contribution in [0.15, 0.2) is 24.5 Å². The number of H-pyrrole nitrogens is 1. The van der Waals surface area contributed by atoms with Crippen molar-refractivity contribution >= 4 is 28.8 Å². The average molecular weight is 272 g/mol. The minimum absolute atomic E-state index is 0.227. The Morgan fingerprint density at radius 1 is 1.35 bits per heavy atom. The monoisotopic (exact) mass is 272 g/mol. The highest BCUT2D eigenvalue weighted by Crippen LogP contribution is 2.15. The molecule has 0 bridgehead atoms. The largest absolute Gasteiger partial charge is 0.359 e. The first-order valence-corrected chi connectivity index (χ1v) is 6.22. The number of pyridine rings is 1. The van der Waals surface area contributed by atoms with Crippen LogP contribution in [0.2, 0.25) is 0 Å². The Balaban J connectivity index is 1.81. The molecule has 0 radical (unpaired) electrons. The van der Waals surface area contributed by atoms with Gasteiger partial charge in [-0.15, -0.1) is 0 Å². The first kappa shape index (κ1) is 12.3. The number of fused-ring (bicyclic) bond motifs is 1. The zero-order valence-electron chi connectivity index (χ0n) is 10.5. The van der Waals surface area contributed by atoms with Crippen LogP contribution in [-0.4, -0.2) is 33.7 Å². The summed E-state index contributed by atoms with van der Waals surface area (Å²) in [7, 11) is 0. The lowest BCUT2D eigenvalue weighted by Gasteiger charge is -2.21. The van der Waals surface area contributed by atoms with Crippen molar-refractivity contribution in [3.05, 3.63) is 30.1 Å². The molecule has 2 aromatic heterocycles. The van der Waals surface area contributed by atoms with Gasteiger partial charge in [-0.2, -0.15) is 0 Å². The first-order valence-electron chi connectivity index (χ1n) is 6.22. The Morgan fingerprint density at radius 3 is 3.00 bits per heavy atom. The minimum atomic E-state index is -0.682. The molecule has 102 valence electrons. The maximum atomic E-state index is 12.2. The van der Waals surface area contributed by atoms with E-state index < -0.39 is 11.9 Å². The molecule has 3 N–H and O–H groups in total. The predicted molar refractivity (Wildman–Crippen MR) is 69.7 cm³/mol. The van der Waals surface area contributed by atoms with E-state index in [0.717, 1.165) is 0 Å². The average Bonchev–Trinajstić information content (AvgIpc) is 2.90. The predicted octanol–water partition coefficient (Wildman–Crippen LogP) is 0.0979. The second-order valence-corrected chi connectivity index (χ2v) is 4.57. The van der Waals surface area contributed by atoms with Gasteiger partial charge in [0.1, 0.15) is 6.04 Å². The van der Waals surface area contributed by atoms with Crippen LogP contribution in [0.3, 0.4) is 0 Å². The van der Waals surface area contributed by atoms with Gasteiger partial charge >= 0.3 is 0 Å². The number of aromatic amines is 1. The number of nitrogens with zero attached hydrogens (tertiary/aromatic N) is 1. The molecule has 0 spiro atoms. The summed E-state index contributed by atoms with van der Waals surface area (Å²) in [6, 6.07) is 2.66. The van der Waals surface area contributed by atoms with Crippen molar-refractivity contribution < 1.29 is 14.4 Å². The molecule has 1 saturated heterocycles. The Morgan fingerprint density at radius 2 is 2.20 bits per heavy atom. The summed E-state index contributed by atoms with van der Waals surface area (Å²) in [4.78, 5) is 42.0. The maximum Gasteiger partial charge on any atom is 0.254 e. The van der Waals surface area contributed by atoms with Crippen molar-refractivity contribution in [2.45, 2.75) is 18.9 Å². The molecule has 1 fully saturated rings. The van der Waals surface area contributed by atoms with E-state index in [1.54, 1.807) is 18.3 Å². The lowest BCUT2D eigenvalue weighted by molar-refractivity contribution is -0.134. The number of hydrogen-bond donors (Lipinski definition) is 3. The molecule has 1 aliphatic heterocycles. The third-order valence-electron chi connectivity index (χ3n) is 3.24. The summed E-state index contributed by atoms with van der Waals surface area (Å²) < 4.78 is 0. The number of rotatable bonds is 2. The summed E-state index contributed by atoms with van der Waals surface area (Å²) in [5, 5.41) is 4.84.